The number of fused-ring (bicyclic) bond motifs is 1. The fourth-order valence-electron chi connectivity index (χ4n) is 2.93. The summed E-state index contributed by atoms with van der Waals surface area (Å²) < 4.78 is 5.06. The van der Waals surface area contributed by atoms with E-state index in [1.807, 2.05) is 19.1 Å². The molecule has 0 bridgehead atoms. The van der Waals surface area contributed by atoms with Crippen molar-refractivity contribution in [2.45, 2.75) is 32.0 Å². The van der Waals surface area contributed by atoms with Crippen LogP contribution in [-0.2, 0) is 11.3 Å². The number of hydrogen-bond donors (Lipinski definition) is 2. The van der Waals surface area contributed by atoms with Crippen LogP contribution in [0.15, 0.2) is 12.1 Å². The molecule has 0 spiro atoms. The van der Waals surface area contributed by atoms with E-state index in [9.17, 15) is 9.90 Å². The standard InChI is InChI=1S/C14H17NO3.ClH/c1-8-9(11-6-15-5-4-13(11)16)2-3-10-12(8)7-18-14(10)17;/h2-3,11,13,15-16H,4-7H2,1H3;1H/t11-,13+;/m0./s1. The van der Waals surface area contributed by atoms with Crippen molar-refractivity contribution in [3.63, 3.8) is 0 Å². The first kappa shape index (κ1) is 14.3. The van der Waals surface area contributed by atoms with Gasteiger partial charge in [0.2, 0.25) is 0 Å². The van der Waals surface area contributed by atoms with Gasteiger partial charge in [-0.15, -0.1) is 12.4 Å². The Kier molecular flexibility index (Phi) is 4.13. The van der Waals surface area contributed by atoms with Gasteiger partial charge in [-0.3, -0.25) is 0 Å². The van der Waals surface area contributed by atoms with Crippen LogP contribution in [0.5, 0.6) is 0 Å². The number of rotatable bonds is 1. The Balaban J connectivity index is 0.00000133. The summed E-state index contributed by atoms with van der Waals surface area (Å²) >= 11 is 0. The van der Waals surface area contributed by atoms with Crippen molar-refractivity contribution in [2.24, 2.45) is 0 Å². The van der Waals surface area contributed by atoms with E-state index < -0.39 is 0 Å². The summed E-state index contributed by atoms with van der Waals surface area (Å²) in [5.74, 6) is -0.123. The maximum absolute atomic E-state index is 11.5. The van der Waals surface area contributed by atoms with E-state index in [0.29, 0.717) is 12.2 Å². The lowest BCUT2D eigenvalue weighted by Crippen LogP contribution is -2.38. The van der Waals surface area contributed by atoms with Gasteiger partial charge in [0.25, 0.3) is 0 Å². The lowest BCUT2D eigenvalue weighted by molar-refractivity contribution is 0.0534. The summed E-state index contributed by atoms with van der Waals surface area (Å²) in [5, 5.41) is 13.4. The fourth-order valence-corrected chi connectivity index (χ4v) is 2.93. The van der Waals surface area contributed by atoms with Gasteiger partial charge in [-0.1, -0.05) is 6.07 Å². The molecular formula is C14H18ClNO3. The van der Waals surface area contributed by atoms with Crippen LogP contribution in [0.3, 0.4) is 0 Å². The minimum Gasteiger partial charge on any atom is -0.457 e. The molecule has 1 saturated heterocycles. The van der Waals surface area contributed by atoms with Gasteiger partial charge < -0.3 is 15.2 Å². The predicted molar refractivity (Wildman–Crippen MR) is 73.8 cm³/mol. The summed E-state index contributed by atoms with van der Waals surface area (Å²) in [7, 11) is 0. The molecule has 0 unspecified atom stereocenters. The molecule has 104 valence electrons. The molecule has 0 aliphatic carbocycles. The topological polar surface area (TPSA) is 58.6 Å². The van der Waals surface area contributed by atoms with E-state index in [2.05, 4.69) is 5.32 Å². The highest BCUT2D eigenvalue weighted by Gasteiger charge is 2.30. The van der Waals surface area contributed by atoms with E-state index in [-0.39, 0.29) is 30.4 Å². The van der Waals surface area contributed by atoms with Gasteiger partial charge in [-0.2, -0.15) is 0 Å². The Morgan fingerprint density at radius 1 is 1.42 bits per heavy atom. The molecule has 0 saturated carbocycles. The fraction of sp³-hybridized carbons (Fsp3) is 0.500. The molecule has 0 radical (unpaired) electrons. The largest absolute Gasteiger partial charge is 0.457 e. The summed E-state index contributed by atoms with van der Waals surface area (Å²) in [5.41, 5.74) is 3.88. The van der Waals surface area contributed by atoms with Gasteiger partial charge in [0.15, 0.2) is 0 Å². The molecule has 19 heavy (non-hydrogen) atoms. The zero-order valence-electron chi connectivity index (χ0n) is 10.8. The smallest absolute Gasteiger partial charge is 0.338 e. The molecule has 1 aromatic rings. The van der Waals surface area contributed by atoms with Gasteiger partial charge in [0.05, 0.1) is 11.7 Å². The predicted octanol–water partition coefficient (Wildman–Crippen LogP) is 1.53. The first-order valence-corrected chi connectivity index (χ1v) is 6.36. The molecule has 2 atom stereocenters. The minimum absolute atomic E-state index is 0. The van der Waals surface area contributed by atoms with Crippen LogP contribution in [0, 0.1) is 6.92 Å². The Bertz CT molecular complexity index is 504. The molecule has 2 heterocycles. The average molecular weight is 284 g/mol. The first-order chi connectivity index (χ1) is 8.68. The summed E-state index contributed by atoms with van der Waals surface area (Å²) in [6.45, 7) is 4.03. The van der Waals surface area contributed by atoms with E-state index in [1.165, 1.54) is 0 Å². The van der Waals surface area contributed by atoms with Crippen molar-refractivity contribution in [2.75, 3.05) is 13.1 Å². The van der Waals surface area contributed by atoms with Crippen LogP contribution >= 0.6 is 12.4 Å². The van der Waals surface area contributed by atoms with Crippen molar-refractivity contribution in [3.05, 3.63) is 34.4 Å². The Hall–Kier alpha value is -1.10. The number of carbonyl (C=O) groups is 1. The second-order valence-electron chi connectivity index (χ2n) is 5.05. The Labute approximate surface area is 118 Å². The van der Waals surface area contributed by atoms with Gasteiger partial charge in [0.1, 0.15) is 6.61 Å². The van der Waals surface area contributed by atoms with E-state index in [4.69, 9.17) is 4.74 Å². The number of halogens is 1. The molecule has 1 fully saturated rings. The van der Waals surface area contributed by atoms with Crippen LogP contribution in [0.25, 0.3) is 0 Å². The number of aliphatic hydroxyl groups excluding tert-OH is 1. The van der Waals surface area contributed by atoms with Crippen molar-refractivity contribution >= 4 is 18.4 Å². The quantitative estimate of drug-likeness (QED) is 0.768. The highest BCUT2D eigenvalue weighted by atomic mass is 35.5. The van der Waals surface area contributed by atoms with Crippen LogP contribution in [-0.4, -0.2) is 30.3 Å². The van der Waals surface area contributed by atoms with Gasteiger partial charge in [0, 0.05) is 18.0 Å². The third-order valence-corrected chi connectivity index (χ3v) is 4.05. The van der Waals surface area contributed by atoms with Crippen molar-refractivity contribution < 1.29 is 14.6 Å². The van der Waals surface area contributed by atoms with E-state index >= 15 is 0 Å². The molecule has 4 nitrogen and oxygen atoms in total. The summed E-state index contributed by atoms with van der Waals surface area (Å²) in [4.78, 5) is 11.5. The molecule has 0 amide bonds. The number of cyclic esters (lactones) is 1. The second-order valence-corrected chi connectivity index (χ2v) is 5.05. The molecule has 2 aliphatic heterocycles. The Morgan fingerprint density at radius 2 is 2.21 bits per heavy atom. The van der Waals surface area contributed by atoms with Crippen LogP contribution < -0.4 is 5.32 Å². The minimum atomic E-state index is -0.305. The summed E-state index contributed by atoms with van der Waals surface area (Å²) in [6.07, 6.45) is 0.470. The number of nitrogens with one attached hydrogen (secondary N) is 1. The first-order valence-electron chi connectivity index (χ1n) is 6.36. The zero-order chi connectivity index (χ0) is 12.7. The number of aliphatic hydroxyl groups is 1. The molecule has 3 rings (SSSR count). The second kappa shape index (κ2) is 5.49. The van der Waals surface area contributed by atoms with Crippen molar-refractivity contribution in [1.82, 2.24) is 5.32 Å². The molecule has 0 aromatic heterocycles. The van der Waals surface area contributed by atoms with Crippen molar-refractivity contribution in [1.29, 1.82) is 0 Å². The van der Waals surface area contributed by atoms with Crippen LogP contribution in [0.2, 0.25) is 0 Å². The van der Waals surface area contributed by atoms with Gasteiger partial charge >= 0.3 is 5.97 Å². The third-order valence-electron chi connectivity index (χ3n) is 4.05. The molecular weight excluding hydrogens is 266 g/mol. The normalized spacial score (nSPS) is 25.5. The molecule has 2 N–H and O–H groups in total. The number of piperidine rings is 1. The van der Waals surface area contributed by atoms with Crippen LogP contribution in [0.4, 0.5) is 0 Å². The zero-order valence-corrected chi connectivity index (χ0v) is 11.6. The van der Waals surface area contributed by atoms with Gasteiger partial charge in [-0.25, -0.2) is 4.79 Å². The number of hydrogen-bond acceptors (Lipinski definition) is 4. The molecule has 2 aliphatic rings. The Morgan fingerprint density at radius 3 is 2.95 bits per heavy atom. The highest BCUT2D eigenvalue weighted by Crippen LogP contribution is 2.32. The number of ether oxygens (including phenoxy) is 1. The lowest BCUT2D eigenvalue weighted by atomic mass is 9.84. The highest BCUT2D eigenvalue weighted by molar-refractivity contribution is 5.94. The van der Waals surface area contributed by atoms with E-state index in [1.54, 1.807) is 0 Å². The lowest BCUT2D eigenvalue weighted by Gasteiger charge is -2.30. The average Bonchev–Trinajstić information content (AvgIpc) is 2.74. The summed E-state index contributed by atoms with van der Waals surface area (Å²) in [6, 6.07) is 3.79. The number of carbonyl (C=O) groups excluding carboxylic acids is 1. The van der Waals surface area contributed by atoms with Crippen molar-refractivity contribution in [3.8, 4) is 0 Å². The van der Waals surface area contributed by atoms with Crippen LogP contribution in [0.1, 0.15) is 39.4 Å². The maximum Gasteiger partial charge on any atom is 0.338 e. The number of esters is 1. The number of benzene rings is 1. The molecule has 1 aromatic carbocycles. The maximum atomic E-state index is 11.5. The monoisotopic (exact) mass is 283 g/mol. The SMILES string of the molecule is Cc1c([C@@H]2CNCC[C@H]2O)ccc2c1COC2=O.Cl. The molecule has 5 heteroatoms. The van der Waals surface area contributed by atoms with E-state index in [0.717, 1.165) is 36.2 Å². The third kappa shape index (κ3) is 2.36. The van der Waals surface area contributed by atoms with Gasteiger partial charge in [-0.05, 0) is 37.1 Å².